The van der Waals surface area contributed by atoms with Crippen LogP contribution in [0.2, 0.25) is 0 Å². The van der Waals surface area contributed by atoms with Crippen LogP contribution in [0, 0.1) is 11.3 Å². The van der Waals surface area contributed by atoms with Crippen molar-refractivity contribution >= 4 is 34.7 Å². The van der Waals surface area contributed by atoms with Crippen LogP contribution < -0.4 is 5.32 Å². The minimum absolute atomic E-state index is 0.00860. The maximum Gasteiger partial charge on any atom is 0.356 e. The van der Waals surface area contributed by atoms with Gasteiger partial charge in [-0.3, -0.25) is 4.79 Å². The quantitative estimate of drug-likeness (QED) is 0.670. The standard InChI is InChI=1S/C14H11N3O3S/c1-2-20-14(19)11-4-3-8(7-16-11)9-5-12(21)17-13(18)10(9)6-15/h3-4,7H,2,5H2,1H3,(H,17,18,21). The van der Waals surface area contributed by atoms with Gasteiger partial charge in [-0.25, -0.2) is 9.78 Å². The first kappa shape index (κ1) is 14.8. The molecule has 6 nitrogen and oxygen atoms in total. The second-order valence-electron chi connectivity index (χ2n) is 4.17. The number of pyridine rings is 1. The Hall–Kier alpha value is -2.59. The molecule has 106 valence electrons. The fraction of sp³-hybridized carbons (Fsp3) is 0.214. The lowest BCUT2D eigenvalue weighted by Crippen LogP contribution is -2.34. The van der Waals surface area contributed by atoms with E-state index in [9.17, 15) is 9.59 Å². The van der Waals surface area contributed by atoms with Gasteiger partial charge in [0, 0.05) is 12.6 Å². The van der Waals surface area contributed by atoms with E-state index in [2.05, 4.69) is 10.3 Å². The number of nitriles is 1. The lowest BCUT2D eigenvalue weighted by Gasteiger charge is -2.17. The van der Waals surface area contributed by atoms with E-state index in [0.717, 1.165) is 0 Å². The summed E-state index contributed by atoms with van der Waals surface area (Å²) in [5.74, 6) is -1.03. The Kier molecular flexibility index (Phi) is 4.40. The molecular formula is C14H11N3O3S. The summed E-state index contributed by atoms with van der Waals surface area (Å²) in [6.45, 7) is 1.97. The molecule has 2 heterocycles. The first-order valence-corrected chi connectivity index (χ1v) is 6.58. The van der Waals surface area contributed by atoms with E-state index in [1.807, 2.05) is 6.07 Å². The van der Waals surface area contributed by atoms with Crippen LogP contribution in [0.5, 0.6) is 0 Å². The van der Waals surface area contributed by atoms with Crippen molar-refractivity contribution in [3.8, 4) is 6.07 Å². The number of thiocarbonyl (C=S) groups is 1. The van der Waals surface area contributed by atoms with Gasteiger partial charge in [-0.05, 0) is 24.1 Å². The highest BCUT2D eigenvalue weighted by Crippen LogP contribution is 2.25. The van der Waals surface area contributed by atoms with Crippen LogP contribution in [-0.2, 0) is 9.53 Å². The second-order valence-corrected chi connectivity index (χ2v) is 4.66. The fourth-order valence-electron chi connectivity index (χ4n) is 1.88. The molecule has 21 heavy (non-hydrogen) atoms. The number of carbonyl (C=O) groups excluding carboxylic acids is 2. The van der Waals surface area contributed by atoms with Gasteiger partial charge in [0.1, 0.15) is 17.3 Å². The van der Waals surface area contributed by atoms with Crippen molar-refractivity contribution in [3.63, 3.8) is 0 Å². The predicted molar refractivity (Wildman–Crippen MR) is 78.1 cm³/mol. The molecule has 0 aromatic carbocycles. The van der Waals surface area contributed by atoms with Crippen molar-refractivity contribution in [3.05, 3.63) is 35.2 Å². The summed E-state index contributed by atoms with van der Waals surface area (Å²) >= 11 is 4.99. The third-order valence-electron chi connectivity index (χ3n) is 2.83. The molecule has 1 amide bonds. The number of aromatic nitrogens is 1. The molecule has 0 atom stereocenters. The van der Waals surface area contributed by atoms with Crippen LogP contribution in [0.4, 0.5) is 0 Å². The normalized spacial score (nSPS) is 14.5. The Morgan fingerprint density at radius 1 is 1.57 bits per heavy atom. The van der Waals surface area contributed by atoms with E-state index in [1.54, 1.807) is 13.0 Å². The van der Waals surface area contributed by atoms with E-state index in [1.165, 1.54) is 12.3 Å². The number of nitrogens with zero attached hydrogens (tertiary/aromatic N) is 2. The zero-order valence-corrected chi connectivity index (χ0v) is 12.0. The summed E-state index contributed by atoms with van der Waals surface area (Å²) in [6.07, 6.45) is 1.71. The number of hydrogen-bond acceptors (Lipinski definition) is 6. The van der Waals surface area contributed by atoms with Gasteiger partial charge in [0.2, 0.25) is 0 Å². The van der Waals surface area contributed by atoms with Gasteiger partial charge >= 0.3 is 5.97 Å². The molecule has 0 unspecified atom stereocenters. The van der Waals surface area contributed by atoms with Gasteiger partial charge < -0.3 is 10.1 Å². The minimum atomic E-state index is -0.518. The number of rotatable bonds is 3. The number of ether oxygens (including phenoxy) is 1. The first-order chi connectivity index (χ1) is 10.1. The lowest BCUT2D eigenvalue weighted by molar-refractivity contribution is -0.115. The number of amides is 1. The zero-order valence-electron chi connectivity index (χ0n) is 11.2. The summed E-state index contributed by atoms with van der Waals surface area (Å²) in [5, 5.41) is 11.5. The molecule has 0 saturated carbocycles. The van der Waals surface area contributed by atoms with Crippen LogP contribution in [-0.4, -0.2) is 28.5 Å². The molecule has 2 rings (SSSR count). The number of nitrogens with one attached hydrogen (secondary N) is 1. The molecule has 0 aliphatic carbocycles. The largest absolute Gasteiger partial charge is 0.461 e. The Morgan fingerprint density at radius 3 is 2.90 bits per heavy atom. The van der Waals surface area contributed by atoms with Crippen LogP contribution in [0.3, 0.4) is 0 Å². The highest BCUT2D eigenvalue weighted by atomic mass is 32.1. The van der Waals surface area contributed by atoms with Crippen LogP contribution in [0.1, 0.15) is 29.4 Å². The molecule has 1 aromatic heterocycles. The maximum absolute atomic E-state index is 11.7. The monoisotopic (exact) mass is 301 g/mol. The Balaban J connectivity index is 2.37. The van der Waals surface area contributed by atoms with Gasteiger partial charge in [0.15, 0.2) is 0 Å². The zero-order chi connectivity index (χ0) is 15.4. The smallest absolute Gasteiger partial charge is 0.356 e. The minimum Gasteiger partial charge on any atom is -0.461 e. The fourth-order valence-corrected chi connectivity index (χ4v) is 2.12. The highest BCUT2D eigenvalue weighted by molar-refractivity contribution is 7.80. The van der Waals surface area contributed by atoms with Gasteiger partial charge in [-0.15, -0.1) is 0 Å². The second kappa shape index (κ2) is 6.24. The van der Waals surface area contributed by atoms with Gasteiger partial charge in [-0.1, -0.05) is 18.3 Å². The number of carbonyl (C=O) groups is 2. The maximum atomic E-state index is 11.7. The average Bonchev–Trinajstić information content (AvgIpc) is 2.47. The lowest BCUT2D eigenvalue weighted by atomic mass is 9.95. The first-order valence-electron chi connectivity index (χ1n) is 6.17. The average molecular weight is 301 g/mol. The Labute approximate surface area is 126 Å². The van der Waals surface area contributed by atoms with Crippen LogP contribution >= 0.6 is 12.2 Å². The van der Waals surface area contributed by atoms with Gasteiger partial charge in [0.25, 0.3) is 5.91 Å². The topological polar surface area (TPSA) is 92.1 Å². The Morgan fingerprint density at radius 2 is 2.33 bits per heavy atom. The van der Waals surface area contributed by atoms with Gasteiger partial charge in [-0.2, -0.15) is 5.26 Å². The van der Waals surface area contributed by atoms with Crippen molar-refractivity contribution in [1.29, 1.82) is 5.26 Å². The van der Waals surface area contributed by atoms with Crippen LogP contribution in [0.25, 0.3) is 5.57 Å². The van der Waals surface area contributed by atoms with E-state index in [4.69, 9.17) is 22.2 Å². The van der Waals surface area contributed by atoms with E-state index in [-0.39, 0.29) is 24.3 Å². The van der Waals surface area contributed by atoms with Gasteiger partial charge in [0.05, 0.1) is 11.6 Å². The molecule has 0 fully saturated rings. The third kappa shape index (κ3) is 3.12. The third-order valence-corrected chi connectivity index (χ3v) is 3.07. The van der Waals surface area contributed by atoms with Crippen molar-refractivity contribution < 1.29 is 14.3 Å². The molecule has 1 N–H and O–H groups in total. The molecule has 1 aliphatic heterocycles. The molecule has 0 radical (unpaired) electrons. The summed E-state index contributed by atoms with van der Waals surface area (Å²) < 4.78 is 4.84. The molecule has 0 saturated heterocycles. The molecule has 0 bridgehead atoms. The molecule has 1 aromatic rings. The van der Waals surface area contributed by atoms with Crippen LogP contribution in [0.15, 0.2) is 23.9 Å². The number of hydrogen-bond donors (Lipinski definition) is 1. The van der Waals surface area contributed by atoms with E-state index >= 15 is 0 Å². The molecule has 7 heteroatoms. The summed E-state index contributed by atoms with van der Waals surface area (Å²) in [5.41, 5.74) is 1.27. The number of esters is 1. The van der Waals surface area contributed by atoms with E-state index in [0.29, 0.717) is 16.1 Å². The van der Waals surface area contributed by atoms with E-state index < -0.39 is 11.9 Å². The molecule has 1 aliphatic rings. The summed E-state index contributed by atoms with van der Waals surface area (Å²) in [7, 11) is 0. The van der Waals surface area contributed by atoms with Crippen molar-refractivity contribution in [2.24, 2.45) is 0 Å². The highest BCUT2D eigenvalue weighted by Gasteiger charge is 2.24. The summed E-state index contributed by atoms with van der Waals surface area (Å²) in [6, 6.07) is 4.98. The van der Waals surface area contributed by atoms with Crippen molar-refractivity contribution in [2.45, 2.75) is 13.3 Å². The molecule has 0 spiro atoms. The predicted octanol–water partition coefficient (Wildman–Crippen LogP) is 1.38. The Bertz CT molecular complexity index is 686. The SMILES string of the molecule is CCOC(=O)c1ccc(C2=C(C#N)C(=O)NC(=S)C2)cn1. The van der Waals surface area contributed by atoms with Crippen molar-refractivity contribution in [2.75, 3.05) is 6.61 Å². The molecular weight excluding hydrogens is 290 g/mol. The summed E-state index contributed by atoms with van der Waals surface area (Å²) in [4.78, 5) is 27.6. The van der Waals surface area contributed by atoms with Crippen molar-refractivity contribution in [1.82, 2.24) is 10.3 Å².